The Labute approximate surface area is 130 Å². The zero-order valence-corrected chi connectivity index (χ0v) is 12.7. The molecule has 0 amide bonds. The number of nitrogens with zero attached hydrogens (tertiary/aromatic N) is 1. The van der Waals surface area contributed by atoms with Crippen LogP contribution in [0.15, 0.2) is 36.7 Å². The van der Waals surface area contributed by atoms with Crippen molar-refractivity contribution in [2.45, 2.75) is 12.8 Å². The highest BCUT2D eigenvalue weighted by atomic mass is 35.5. The number of hydrogen-bond donors (Lipinski definition) is 0. The third kappa shape index (κ3) is 3.39. The summed E-state index contributed by atoms with van der Waals surface area (Å²) in [5.74, 6) is 2.28. The molecule has 0 saturated heterocycles. The number of hydrogen-bond acceptors (Lipinski definition) is 4. The van der Waals surface area contributed by atoms with E-state index in [0.717, 1.165) is 35.7 Å². The topological polar surface area (TPSA) is 40.6 Å². The minimum Gasteiger partial charge on any atom is -0.493 e. The number of methoxy groups -OCH3 is 1. The molecule has 0 saturated carbocycles. The smallest absolute Gasteiger partial charge is 0.203 e. The van der Waals surface area contributed by atoms with Crippen LogP contribution < -0.4 is 14.2 Å². The molecule has 4 nitrogen and oxygen atoms in total. The van der Waals surface area contributed by atoms with Crippen LogP contribution in [0.1, 0.15) is 11.1 Å². The van der Waals surface area contributed by atoms with Gasteiger partial charge in [-0.1, -0.05) is 6.07 Å². The quantitative estimate of drug-likeness (QED) is 0.870. The van der Waals surface area contributed by atoms with Gasteiger partial charge in [0.2, 0.25) is 5.75 Å². The minimum absolute atomic E-state index is 0. The van der Waals surface area contributed by atoms with E-state index in [0.29, 0.717) is 13.2 Å². The molecule has 5 heteroatoms. The van der Waals surface area contributed by atoms with Crippen molar-refractivity contribution >= 4 is 12.4 Å². The maximum atomic E-state index is 5.77. The Morgan fingerprint density at radius 1 is 1.00 bits per heavy atom. The summed E-state index contributed by atoms with van der Waals surface area (Å²) in [5, 5.41) is 0. The van der Waals surface area contributed by atoms with Crippen molar-refractivity contribution in [3.8, 4) is 17.2 Å². The monoisotopic (exact) mass is 307 g/mol. The standard InChI is InChI=1S/C16H17NO3.ClH/c1-18-14-5-4-13(15-16(14)20-11-10-19-15)3-2-12-6-8-17-9-7-12;/h4-9H,2-3,10-11H2,1H3;1H. The van der Waals surface area contributed by atoms with Gasteiger partial charge in [0.1, 0.15) is 13.2 Å². The molecule has 1 aromatic carbocycles. The number of rotatable bonds is 4. The zero-order chi connectivity index (χ0) is 13.8. The van der Waals surface area contributed by atoms with Crippen molar-refractivity contribution in [3.05, 3.63) is 47.8 Å². The van der Waals surface area contributed by atoms with Crippen molar-refractivity contribution in [1.29, 1.82) is 0 Å². The molecule has 0 fully saturated rings. The predicted octanol–water partition coefficient (Wildman–Crippen LogP) is 3.07. The van der Waals surface area contributed by atoms with Crippen LogP contribution in [0.5, 0.6) is 17.2 Å². The van der Waals surface area contributed by atoms with Gasteiger partial charge in [-0.25, -0.2) is 0 Å². The Hall–Kier alpha value is -1.94. The fourth-order valence-corrected chi connectivity index (χ4v) is 2.35. The molecule has 0 radical (unpaired) electrons. The van der Waals surface area contributed by atoms with Crippen LogP contribution in [-0.4, -0.2) is 25.3 Å². The molecular formula is C16H18ClNO3. The van der Waals surface area contributed by atoms with Gasteiger partial charge < -0.3 is 14.2 Å². The van der Waals surface area contributed by atoms with Crippen LogP contribution in [0.2, 0.25) is 0 Å². The second-order valence-electron chi connectivity index (χ2n) is 4.64. The third-order valence-electron chi connectivity index (χ3n) is 3.39. The first-order chi connectivity index (χ1) is 9.88. The number of aromatic nitrogens is 1. The molecule has 2 aromatic rings. The van der Waals surface area contributed by atoms with Crippen LogP contribution in [0.25, 0.3) is 0 Å². The molecule has 1 aliphatic heterocycles. The van der Waals surface area contributed by atoms with Gasteiger partial charge in [0.15, 0.2) is 11.5 Å². The molecule has 0 aliphatic carbocycles. The fraction of sp³-hybridized carbons (Fsp3) is 0.312. The lowest BCUT2D eigenvalue weighted by Gasteiger charge is -2.23. The first-order valence-corrected chi connectivity index (χ1v) is 6.73. The normalized spacial score (nSPS) is 12.4. The Balaban J connectivity index is 0.00000161. The van der Waals surface area contributed by atoms with Gasteiger partial charge in [-0.05, 0) is 42.2 Å². The van der Waals surface area contributed by atoms with Gasteiger partial charge in [-0.3, -0.25) is 4.98 Å². The summed E-state index contributed by atoms with van der Waals surface area (Å²) >= 11 is 0. The lowest BCUT2D eigenvalue weighted by molar-refractivity contribution is 0.163. The summed E-state index contributed by atoms with van der Waals surface area (Å²) in [4.78, 5) is 4.03. The summed E-state index contributed by atoms with van der Waals surface area (Å²) in [6.07, 6.45) is 5.49. The molecule has 0 unspecified atom stereocenters. The maximum Gasteiger partial charge on any atom is 0.203 e. The average Bonchev–Trinajstić information content (AvgIpc) is 2.53. The number of benzene rings is 1. The maximum absolute atomic E-state index is 5.77. The average molecular weight is 308 g/mol. The van der Waals surface area contributed by atoms with Gasteiger partial charge in [-0.2, -0.15) is 0 Å². The molecule has 2 heterocycles. The molecule has 1 aliphatic rings. The third-order valence-corrected chi connectivity index (χ3v) is 3.39. The fourth-order valence-electron chi connectivity index (χ4n) is 2.35. The summed E-state index contributed by atoms with van der Waals surface area (Å²) in [5.41, 5.74) is 2.42. The van der Waals surface area contributed by atoms with Crippen LogP contribution in [0.3, 0.4) is 0 Å². The number of pyridine rings is 1. The van der Waals surface area contributed by atoms with Crippen molar-refractivity contribution in [2.75, 3.05) is 20.3 Å². The predicted molar refractivity (Wildman–Crippen MR) is 82.9 cm³/mol. The lowest BCUT2D eigenvalue weighted by atomic mass is 10.0. The van der Waals surface area contributed by atoms with Gasteiger partial charge >= 0.3 is 0 Å². The Morgan fingerprint density at radius 2 is 1.71 bits per heavy atom. The van der Waals surface area contributed by atoms with E-state index in [9.17, 15) is 0 Å². The molecule has 21 heavy (non-hydrogen) atoms. The number of fused-ring (bicyclic) bond motifs is 1. The molecular weight excluding hydrogens is 290 g/mol. The highest BCUT2D eigenvalue weighted by Crippen LogP contribution is 2.42. The lowest BCUT2D eigenvalue weighted by Crippen LogP contribution is -2.17. The van der Waals surface area contributed by atoms with E-state index in [4.69, 9.17) is 14.2 Å². The highest BCUT2D eigenvalue weighted by molar-refractivity contribution is 5.85. The Kier molecular flexibility index (Phi) is 5.28. The van der Waals surface area contributed by atoms with Gasteiger partial charge in [-0.15, -0.1) is 12.4 Å². The van der Waals surface area contributed by atoms with Crippen LogP contribution in [0, 0.1) is 0 Å². The van der Waals surface area contributed by atoms with Gasteiger partial charge in [0.25, 0.3) is 0 Å². The van der Waals surface area contributed by atoms with E-state index in [-0.39, 0.29) is 12.4 Å². The highest BCUT2D eigenvalue weighted by Gasteiger charge is 2.20. The second kappa shape index (κ2) is 7.18. The summed E-state index contributed by atoms with van der Waals surface area (Å²) < 4.78 is 16.8. The molecule has 0 atom stereocenters. The molecule has 0 bridgehead atoms. The number of halogens is 1. The van der Waals surface area contributed by atoms with E-state index >= 15 is 0 Å². The first-order valence-electron chi connectivity index (χ1n) is 6.73. The van der Waals surface area contributed by atoms with Crippen LogP contribution in [-0.2, 0) is 12.8 Å². The first kappa shape index (κ1) is 15.4. The number of ether oxygens (including phenoxy) is 3. The van der Waals surface area contributed by atoms with Crippen molar-refractivity contribution in [1.82, 2.24) is 4.98 Å². The zero-order valence-electron chi connectivity index (χ0n) is 11.9. The van der Waals surface area contributed by atoms with E-state index in [2.05, 4.69) is 4.98 Å². The number of aryl methyl sites for hydroxylation is 2. The van der Waals surface area contributed by atoms with Crippen molar-refractivity contribution in [2.24, 2.45) is 0 Å². The molecule has 1 aromatic heterocycles. The van der Waals surface area contributed by atoms with Crippen molar-refractivity contribution in [3.63, 3.8) is 0 Å². The summed E-state index contributed by atoms with van der Waals surface area (Å²) in [6.45, 7) is 1.15. The van der Waals surface area contributed by atoms with Gasteiger partial charge in [0, 0.05) is 12.4 Å². The largest absolute Gasteiger partial charge is 0.493 e. The molecule has 3 rings (SSSR count). The van der Waals surface area contributed by atoms with Crippen LogP contribution >= 0.6 is 12.4 Å². The van der Waals surface area contributed by atoms with Crippen molar-refractivity contribution < 1.29 is 14.2 Å². The molecule has 0 N–H and O–H groups in total. The summed E-state index contributed by atoms with van der Waals surface area (Å²) in [6, 6.07) is 8.06. The second-order valence-corrected chi connectivity index (χ2v) is 4.64. The van der Waals surface area contributed by atoms with Gasteiger partial charge in [0.05, 0.1) is 7.11 Å². The Morgan fingerprint density at radius 3 is 2.43 bits per heavy atom. The summed E-state index contributed by atoms with van der Waals surface area (Å²) in [7, 11) is 1.64. The van der Waals surface area contributed by atoms with E-state index in [1.165, 1.54) is 5.56 Å². The van der Waals surface area contributed by atoms with E-state index in [1.54, 1.807) is 7.11 Å². The SMILES string of the molecule is COc1ccc(CCc2ccncc2)c2c1OCCO2.Cl. The molecule has 112 valence electrons. The molecule has 0 spiro atoms. The van der Waals surface area contributed by atoms with E-state index in [1.807, 2.05) is 36.7 Å². The Bertz CT molecular complexity index is 590. The van der Waals surface area contributed by atoms with E-state index < -0.39 is 0 Å². The minimum atomic E-state index is 0. The van der Waals surface area contributed by atoms with Crippen LogP contribution in [0.4, 0.5) is 0 Å².